The number of rotatable bonds is 4. The topological polar surface area (TPSA) is 46.5 Å². The lowest BCUT2D eigenvalue weighted by atomic mass is 9.79. The second-order valence-corrected chi connectivity index (χ2v) is 4.81. The van der Waals surface area contributed by atoms with Crippen molar-refractivity contribution >= 4 is 5.97 Å². The molecule has 0 amide bonds. The Hall–Kier alpha value is -0.830. The zero-order valence-corrected chi connectivity index (χ0v) is 8.95. The molecule has 3 nitrogen and oxygen atoms in total. The van der Waals surface area contributed by atoms with Gasteiger partial charge in [-0.3, -0.25) is 0 Å². The van der Waals surface area contributed by atoms with Crippen molar-refractivity contribution in [1.29, 1.82) is 0 Å². The summed E-state index contributed by atoms with van der Waals surface area (Å²) < 4.78 is 5.38. The largest absolute Gasteiger partial charge is 0.459 e. The van der Waals surface area contributed by atoms with Crippen LogP contribution in [0.1, 0.15) is 32.1 Å². The molecule has 1 N–H and O–H groups in total. The summed E-state index contributed by atoms with van der Waals surface area (Å²) in [7, 11) is 0. The zero-order chi connectivity index (χ0) is 10.9. The Morgan fingerprint density at radius 3 is 3.07 bits per heavy atom. The maximum atomic E-state index is 11.2. The third-order valence-corrected chi connectivity index (χ3v) is 4.01. The number of carbonyl (C=O) groups is 1. The minimum absolute atomic E-state index is 0.00824. The molecule has 0 spiro atoms. The van der Waals surface area contributed by atoms with E-state index in [1.165, 1.54) is 12.5 Å². The molecule has 0 saturated heterocycles. The Morgan fingerprint density at radius 1 is 1.67 bits per heavy atom. The van der Waals surface area contributed by atoms with Gasteiger partial charge in [-0.2, -0.15) is 0 Å². The first-order chi connectivity index (χ1) is 7.20. The highest BCUT2D eigenvalue weighted by molar-refractivity contribution is 5.81. The molecule has 0 radical (unpaired) electrons. The first-order valence-corrected chi connectivity index (χ1v) is 5.64. The van der Waals surface area contributed by atoms with E-state index in [0.29, 0.717) is 5.92 Å². The molecule has 15 heavy (non-hydrogen) atoms. The molecule has 2 aliphatic carbocycles. The fraction of sp³-hybridized carbons (Fsp3) is 0.750. The van der Waals surface area contributed by atoms with Gasteiger partial charge >= 0.3 is 5.97 Å². The predicted molar refractivity (Wildman–Crippen MR) is 56.2 cm³/mol. The molecule has 2 fully saturated rings. The number of fused-ring (bicyclic) bond motifs is 2. The van der Waals surface area contributed by atoms with Gasteiger partial charge in [0.25, 0.3) is 0 Å². The first kappa shape index (κ1) is 10.7. The number of hydrogen-bond donors (Lipinski definition) is 1. The Morgan fingerprint density at radius 2 is 2.47 bits per heavy atom. The highest BCUT2D eigenvalue weighted by Gasteiger charge is 2.53. The summed E-state index contributed by atoms with van der Waals surface area (Å²) in [6, 6.07) is 0. The SMILES string of the molecule is C=CC(=O)OC1CC2CCC1(CCO)C2. The summed E-state index contributed by atoms with van der Waals surface area (Å²) in [6.07, 6.45) is 6.39. The van der Waals surface area contributed by atoms with Gasteiger partial charge in [0.2, 0.25) is 0 Å². The van der Waals surface area contributed by atoms with Crippen LogP contribution in [0.25, 0.3) is 0 Å². The first-order valence-electron chi connectivity index (χ1n) is 5.64. The van der Waals surface area contributed by atoms with Gasteiger partial charge in [0.05, 0.1) is 0 Å². The molecule has 0 aromatic carbocycles. The Kier molecular flexibility index (Phi) is 2.83. The Balaban J connectivity index is 2.05. The lowest BCUT2D eigenvalue weighted by molar-refractivity contribution is -0.150. The van der Waals surface area contributed by atoms with Crippen molar-refractivity contribution in [3.8, 4) is 0 Å². The van der Waals surface area contributed by atoms with Crippen LogP contribution < -0.4 is 0 Å². The lowest BCUT2D eigenvalue weighted by Crippen LogP contribution is -2.34. The molecular weight excluding hydrogens is 192 g/mol. The van der Waals surface area contributed by atoms with Crippen LogP contribution in [0.15, 0.2) is 12.7 Å². The number of aliphatic hydroxyl groups excluding tert-OH is 1. The van der Waals surface area contributed by atoms with Gasteiger partial charge in [0.1, 0.15) is 6.10 Å². The average molecular weight is 210 g/mol. The summed E-state index contributed by atoms with van der Waals surface area (Å²) in [4.78, 5) is 11.2. The fourth-order valence-electron chi connectivity index (χ4n) is 3.29. The number of hydrogen-bond acceptors (Lipinski definition) is 3. The van der Waals surface area contributed by atoms with Crippen LogP contribution in [0.4, 0.5) is 0 Å². The van der Waals surface area contributed by atoms with Crippen LogP contribution in [0.5, 0.6) is 0 Å². The van der Waals surface area contributed by atoms with E-state index in [4.69, 9.17) is 9.84 Å². The molecule has 3 unspecified atom stereocenters. The van der Waals surface area contributed by atoms with Gasteiger partial charge in [-0.05, 0) is 38.0 Å². The lowest BCUT2D eigenvalue weighted by Gasteiger charge is -2.33. The molecule has 2 aliphatic rings. The maximum absolute atomic E-state index is 11.2. The van der Waals surface area contributed by atoms with Crippen molar-refractivity contribution < 1.29 is 14.6 Å². The smallest absolute Gasteiger partial charge is 0.330 e. The number of carbonyl (C=O) groups excluding carboxylic acids is 1. The molecule has 0 heterocycles. The van der Waals surface area contributed by atoms with E-state index < -0.39 is 0 Å². The van der Waals surface area contributed by atoms with Crippen LogP contribution >= 0.6 is 0 Å². The normalized spacial score (nSPS) is 37.9. The molecular formula is C12H18O3. The Bertz CT molecular complexity index is 274. The highest BCUT2D eigenvalue weighted by Crippen LogP contribution is 2.57. The van der Waals surface area contributed by atoms with Crippen molar-refractivity contribution in [2.45, 2.75) is 38.2 Å². The number of esters is 1. The number of aliphatic hydroxyl groups is 1. The van der Waals surface area contributed by atoms with Crippen molar-refractivity contribution in [3.63, 3.8) is 0 Å². The Labute approximate surface area is 90.1 Å². The molecule has 3 atom stereocenters. The van der Waals surface area contributed by atoms with Crippen LogP contribution in [0.2, 0.25) is 0 Å². The van der Waals surface area contributed by atoms with Gasteiger partial charge in [-0.25, -0.2) is 4.79 Å². The quantitative estimate of drug-likeness (QED) is 0.567. The second kappa shape index (κ2) is 3.97. The zero-order valence-electron chi connectivity index (χ0n) is 8.95. The maximum Gasteiger partial charge on any atom is 0.330 e. The van der Waals surface area contributed by atoms with Gasteiger partial charge in [-0.15, -0.1) is 0 Å². The predicted octanol–water partition coefficient (Wildman–Crippen LogP) is 1.66. The van der Waals surface area contributed by atoms with Crippen LogP contribution in [-0.4, -0.2) is 23.8 Å². The third-order valence-electron chi connectivity index (χ3n) is 4.01. The third kappa shape index (κ3) is 1.81. The van der Waals surface area contributed by atoms with E-state index >= 15 is 0 Å². The fourth-order valence-corrected chi connectivity index (χ4v) is 3.29. The summed E-state index contributed by atoms with van der Waals surface area (Å²) in [5, 5.41) is 9.09. The minimum Gasteiger partial charge on any atom is -0.459 e. The molecule has 0 aromatic heterocycles. The van der Waals surface area contributed by atoms with Crippen LogP contribution in [0, 0.1) is 11.3 Å². The summed E-state index contributed by atoms with van der Waals surface area (Å²) in [5.41, 5.74) is 0.0675. The van der Waals surface area contributed by atoms with E-state index in [1.807, 2.05) is 0 Å². The van der Waals surface area contributed by atoms with Crippen molar-refractivity contribution in [3.05, 3.63) is 12.7 Å². The summed E-state index contributed by atoms with van der Waals surface area (Å²) >= 11 is 0. The van der Waals surface area contributed by atoms with Crippen molar-refractivity contribution in [2.24, 2.45) is 11.3 Å². The van der Waals surface area contributed by atoms with E-state index in [0.717, 1.165) is 25.7 Å². The number of ether oxygens (including phenoxy) is 1. The average Bonchev–Trinajstić information content (AvgIpc) is 2.75. The highest BCUT2D eigenvalue weighted by atomic mass is 16.5. The van der Waals surface area contributed by atoms with E-state index in [9.17, 15) is 4.79 Å². The van der Waals surface area contributed by atoms with Crippen molar-refractivity contribution in [1.82, 2.24) is 0 Å². The van der Waals surface area contributed by atoms with Crippen LogP contribution in [-0.2, 0) is 9.53 Å². The minimum atomic E-state index is -0.329. The molecule has 2 bridgehead atoms. The monoisotopic (exact) mass is 210 g/mol. The molecule has 84 valence electrons. The van der Waals surface area contributed by atoms with Gasteiger partial charge in [0.15, 0.2) is 0 Å². The van der Waals surface area contributed by atoms with Gasteiger partial charge in [-0.1, -0.05) is 6.58 Å². The molecule has 0 aliphatic heterocycles. The standard InChI is InChI=1S/C12H18O3/c1-2-11(14)15-10-7-9-3-4-12(10,8-9)5-6-13/h2,9-10,13H,1,3-8H2. The van der Waals surface area contributed by atoms with Gasteiger partial charge in [0, 0.05) is 18.1 Å². The van der Waals surface area contributed by atoms with Crippen molar-refractivity contribution in [2.75, 3.05) is 6.61 Å². The van der Waals surface area contributed by atoms with Gasteiger partial charge < -0.3 is 9.84 Å². The molecule has 3 heteroatoms. The van der Waals surface area contributed by atoms with Crippen LogP contribution in [0.3, 0.4) is 0 Å². The summed E-state index contributed by atoms with van der Waals surface area (Å²) in [6.45, 7) is 3.60. The van der Waals surface area contributed by atoms with E-state index in [-0.39, 0.29) is 24.1 Å². The van der Waals surface area contributed by atoms with E-state index in [1.54, 1.807) is 0 Å². The van der Waals surface area contributed by atoms with E-state index in [2.05, 4.69) is 6.58 Å². The molecule has 2 saturated carbocycles. The molecule has 0 aromatic rings. The molecule has 2 rings (SSSR count). The summed E-state index contributed by atoms with van der Waals surface area (Å²) in [5.74, 6) is 0.365. The second-order valence-electron chi connectivity index (χ2n) is 4.81.